The Hall–Kier alpha value is -3.20. The average molecular weight is 396 g/mol. The Bertz CT molecular complexity index is 974. The summed E-state index contributed by atoms with van der Waals surface area (Å²) < 4.78 is 1.92. The molecule has 0 saturated carbocycles. The number of benzene rings is 1. The van der Waals surface area contributed by atoms with Gasteiger partial charge in [-0.2, -0.15) is 0 Å². The minimum Gasteiger partial charge on any atom is -0.325 e. The van der Waals surface area contributed by atoms with Gasteiger partial charge in [-0.25, -0.2) is 4.98 Å². The predicted octanol–water partition coefficient (Wildman–Crippen LogP) is 3.05. The first-order valence-corrected chi connectivity index (χ1v) is 9.70. The number of carbonyl (C=O) groups excluding carboxylic acids is 2. The van der Waals surface area contributed by atoms with Crippen LogP contribution in [0.5, 0.6) is 0 Å². The van der Waals surface area contributed by atoms with Crippen LogP contribution in [-0.2, 0) is 16.1 Å². The molecule has 28 heavy (non-hydrogen) atoms. The highest BCUT2D eigenvalue weighted by Gasteiger charge is 2.15. The number of thioether (sulfide) groups is 1. The van der Waals surface area contributed by atoms with Crippen molar-refractivity contribution in [1.29, 1.82) is 0 Å². The minimum atomic E-state index is -0.192. The van der Waals surface area contributed by atoms with Crippen molar-refractivity contribution in [3.63, 3.8) is 0 Å². The van der Waals surface area contributed by atoms with E-state index in [1.165, 1.54) is 18.7 Å². The number of hydrogen-bond acceptors (Lipinski definition) is 6. The Morgan fingerprint density at radius 1 is 1.11 bits per heavy atom. The van der Waals surface area contributed by atoms with Gasteiger partial charge in [-0.3, -0.25) is 9.59 Å². The van der Waals surface area contributed by atoms with Gasteiger partial charge in [0.2, 0.25) is 11.8 Å². The molecule has 0 bridgehead atoms. The number of rotatable bonds is 7. The third kappa shape index (κ3) is 4.95. The van der Waals surface area contributed by atoms with Crippen LogP contribution in [0.4, 0.5) is 11.5 Å². The highest BCUT2D eigenvalue weighted by molar-refractivity contribution is 7.99. The maximum atomic E-state index is 12.2. The van der Waals surface area contributed by atoms with Crippen LogP contribution in [0.1, 0.15) is 13.8 Å². The van der Waals surface area contributed by atoms with Crippen LogP contribution >= 0.6 is 11.8 Å². The van der Waals surface area contributed by atoms with Crippen molar-refractivity contribution in [2.75, 3.05) is 16.4 Å². The summed E-state index contributed by atoms with van der Waals surface area (Å²) in [7, 11) is 0. The fourth-order valence-electron chi connectivity index (χ4n) is 2.56. The summed E-state index contributed by atoms with van der Waals surface area (Å²) in [6.07, 6.45) is 1.61. The second-order valence-corrected chi connectivity index (χ2v) is 6.81. The van der Waals surface area contributed by atoms with E-state index >= 15 is 0 Å². The Balaban J connectivity index is 1.71. The third-order valence-corrected chi connectivity index (χ3v) is 4.71. The Labute approximate surface area is 166 Å². The molecule has 2 aromatic heterocycles. The number of nitrogens with one attached hydrogen (secondary N) is 2. The maximum absolute atomic E-state index is 12.2. The number of carbonyl (C=O) groups is 2. The lowest BCUT2D eigenvalue weighted by Gasteiger charge is -2.09. The molecule has 0 spiro atoms. The van der Waals surface area contributed by atoms with Gasteiger partial charge in [0.25, 0.3) is 0 Å². The lowest BCUT2D eigenvalue weighted by Crippen LogP contribution is -2.14. The monoisotopic (exact) mass is 396 g/mol. The fourth-order valence-corrected chi connectivity index (χ4v) is 3.36. The van der Waals surface area contributed by atoms with Gasteiger partial charge in [-0.05, 0) is 31.2 Å². The number of anilines is 2. The first-order valence-electron chi connectivity index (χ1n) is 8.71. The normalized spacial score (nSPS) is 10.5. The zero-order valence-corrected chi connectivity index (χ0v) is 16.4. The van der Waals surface area contributed by atoms with Gasteiger partial charge in [0.15, 0.2) is 11.0 Å². The smallest absolute Gasteiger partial charge is 0.234 e. The highest BCUT2D eigenvalue weighted by Crippen LogP contribution is 2.25. The van der Waals surface area contributed by atoms with Gasteiger partial charge in [0.05, 0.1) is 5.75 Å². The maximum Gasteiger partial charge on any atom is 0.234 e. The topological polar surface area (TPSA) is 102 Å². The van der Waals surface area contributed by atoms with Crippen molar-refractivity contribution in [2.45, 2.75) is 25.5 Å². The molecule has 0 aliphatic rings. The summed E-state index contributed by atoms with van der Waals surface area (Å²) in [4.78, 5) is 27.5. The van der Waals surface area contributed by atoms with E-state index in [1.54, 1.807) is 18.3 Å². The summed E-state index contributed by atoms with van der Waals surface area (Å²) in [6.45, 7) is 4.05. The largest absolute Gasteiger partial charge is 0.325 e. The zero-order valence-electron chi connectivity index (χ0n) is 15.5. The van der Waals surface area contributed by atoms with Gasteiger partial charge >= 0.3 is 0 Å². The van der Waals surface area contributed by atoms with E-state index in [0.717, 1.165) is 11.3 Å². The van der Waals surface area contributed by atoms with Crippen molar-refractivity contribution >= 4 is 35.1 Å². The van der Waals surface area contributed by atoms with Crippen molar-refractivity contribution < 1.29 is 9.59 Å². The van der Waals surface area contributed by atoms with Crippen LogP contribution < -0.4 is 10.6 Å². The summed E-state index contributed by atoms with van der Waals surface area (Å²) in [5.41, 5.74) is 1.54. The van der Waals surface area contributed by atoms with Gasteiger partial charge < -0.3 is 15.2 Å². The molecule has 2 N–H and O–H groups in total. The van der Waals surface area contributed by atoms with Crippen LogP contribution in [0, 0.1) is 0 Å². The zero-order chi connectivity index (χ0) is 19.9. The number of amides is 2. The molecule has 3 aromatic rings. The van der Waals surface area contributed by atoms with Gasteiger partial charge in [0, 0.05) is 30.9 Å². The fraction of sp³-hybridized carbons (Fsp3) is 0.211. The minimum absolute atomic E-state index is 0.111. The second-order valence-electron chi connectivity index (χ2n) is 5.86. The van der Waals surface area contributed by atoms with Crippen LogP contribution in [0.25, 0.3) is 11.4 Å². The molecule has 2 amide bonds. The molecule has 2 heterocycles. The molecular weight excluding hydrogens is 376 g/mol. The van der Waals surface area contributed by atoms with Gasteiger partial charge in [-0.15, -0.1) is 10.2 Å². The van der Waals surface area contributed by atoms with Crippen LogP contribution in [0.3, 0.4) is 0 Å². The van der Waals surface area contributed by atoms with E-state index in [-0.39, 0.29) is 17.6 Å². The standard InChI is InChI=1S/C19H20N6O2S/c1-3-25-18(14-9-10-20-16(11-14)21-13(2)26)23-24-19(25)28-12-17(27)22-15-7-5-4-6-8-15/h4-11H,3,12H2,1-2H3,(H,22,27)(H,20,21,26). The van der Waals surface area contributed by atoms with Crippen LogP contribution in [0.2, 0.25) is 0 Å². The highest BCUT2D eigenvalue weighted by atomic mass is 32.2. The van der Waals surface area contributed by atoms with E-state index in [1.807, 2.05) is 41.8 Å². The molecule has 0 aliphatic carbocycles. The van der Waals surface area contributed by atoms with Crippen molar-refractivity contribution in [2.24, 2.45) is 0 Å². The molecule has 0 atom stereocenters. The van der Waals surface area contributed by atoms with E-state index in [4.69, 9.17) is 0 Å². The van der Waals surface area contributed by atoms with Gasteiger partial charge in [0.1, 0.15) is 5.82 Å². The summed E-state index contributed by atoms with van der Waals surface area (Å²) in [6, 6.07) is 12.9. The molecule has 0 saturated heterocycles. The summed E-state index contributed by atoms with van der Waals surface area (Å²) >= 11 is 1.32. The van der Waals surface area contributed by atoms with Crippen LogP contribution in [-0.4, -0.2) is 37.3 Å². The molecule has 8 nitrogen and oxygen atoms in total. The number of pyridine rings is 1. The molecule has 0 aliphatic heterocycles. The van der Waals surface area contributed by atoms with E-state index < -0.39 is 0 Å². The molecule has 0 unspecified atom stereocenters. The molecule has 0 fully saturated rings. The molecule has 3 rings (SSSR count). The van der Waals surface area contributed by atoms with E-state index in [0.29, 0.717) is 23.3 Å². The quantitative estimate of drug-likeness (QED) is 0.595. The van der Waals surface area contributed by atoms with Gasteiger partial charge in [-0.1, -0.05) is 30.0 Å². The molecule has 9 heteroatoms. The van der Waals surface area contributed by atoms with E-state index in [9.17, 15) is 9.59 Å². The number of nitrogens with zero attached hydrogens (tertiary/aromatic N) is 4. The number of para-hydroxylation sites is 1. The molecule has 1 aromatic carbocycles. The molecular formula is C19H20N6O2S. The predicted molar refractivity (Wildman–Crippen MR) is 109 cm³/mol. The number of aromatic nitrogens is 4. The molecule has 144 valence electrons. The summed E-state index contributed by atoms with van der Waals surface area (Å²) in [5.74, 6) is 1.03. The second kappa shape index (κ2) is 9.14. The first kappa shape index (κ1) is 19.6. The first-order chi connectivity index (χ1) is 13.6. The Morgan fingerprint density at radius 2 is 1.89 bits per heavy atom. The van der Waals surface area contributed by atoms with Crippen LogP contribution in [0.15, 0.2) is 53.8 Å². The summed E-state index contributed by atoms with van der Waals surface area (Å²) in [5, 5.41) is 14.6. The molecule has 0 radical (unpaired) electrons. The van der Waals surface area contributed by atoms with Crippen molar-refractivity contribution in [3.8, 4) is 11.4 Å². The lowest BCUT2D eigenvalue weighted by molar-refractivity contribution is -0.114. The van der Waals surface area contributed by atoms with E-state index in [2.05, 4.69) is 25.8 Å². The lowest BCUT2D eigenvalue weighted by atomic mass is 10.2. The SMILES string of the molecule is CCn1c(SCC(=O)Nc2ccccc2)nnc1-c1ccnc(NC(C)=O)c1. The number of hydrogen-bond donors (Lipinski definition) is 2. The van der Waals surface area contributed by atoms with Crippen molar-refractivity contribution in [1.82, 2.24) is 19.7 Å². The Kier molecular flexibility index (Phi) is 6.38. The average Bonchev–Trinajstić information content (AvgIpc) is 3.10. The Morgan fingerprint density at radius 3 is 2.61 bits per heavy atom. The van der Waals surface area contributed by atoms with Crippen molar-refractivity contribution in [3.05, 3.63) is 48.7 Å². The third-order valence-electron chi connectivity index (χ3n) is 3.75.